The number of nitrogens with two attached hydrogens (primary N) is 1. The van der Waals surface area contributed by atoms with Gasteiger partial charge in [-0.2, -0.15) is 0 Å². The lowest BCUT2D eigenvalue weighted by Crippen LogP contribution is -2.17. The fourth-order valence-corrected chi connectivity index (χ4v) is 4.05. The largest absolute Gasteiger partial charge is 0.366 e. The van der Waals surface area contributed by atoms with Crippen molar-refractivity contribution in [2.45, 2.75) is 51.7 Å². The van der Waals surface area contributed by atoms with Crippen molar-refractivity contribution in [2.75, 3.05) is 0 Å². The molecule has 0 spiro atoms. The molecule has 0 aliphatic rings. The third-order valence-corrected chi connectivity index (χ3v) is 5.35. The van der Waals surface area contributed by atoms with Gasteiger partial charge in [0, 0.05) is 21.4 Å². The van der Waals surface area contributed by atoms with E-state index in [0.29, 0.717) is 16.4 Å². The number of carbonyl (C=O) groups excluding carboxylic acids is 1. The number of amides is 1. The number of thioether (sulfide) groups is 1. The Kier molecular flexibility index (Phi) is 5.23. The quantitative estimate of drug-likeness (QED) is 0.827. The summed E-state index contributed by atoms with van der Waals surface area (Å²) in [7, 11) is 0. The Balaban J connectivity index is 2.87. The van der Waals surface area contributed by atoms with E-state index in [2.05, 4.69) is 18.8 Å². The number of aromatic nitrogens is 1. The van der Waals surface area contributed by atoms with E-state index < -0.39 is 5.91 Å². The Hall–Kier alpha value is -2.01. The molecule has 2 rings (SSSR count). The van der Waals surface area contributed by atoms with Gasteiger partial charge in [0.25, 0.3) is 5.56 Å². The Labute approximate surface area is 146 Å². The van der Waals surface area contributed by atoms with Gasteiger partial charge in [-0.3, -0.25) is 9.59 Å². The zero-order chi connectivity index (χ0) is 18.2. The standard InChI is InChI=1S/C19H24N2O2S/c1-9(2)24-17-12(5)14(8-15(13(17)6)18(20)22)16-10(3)7-11(4)21-19(16)23/h7-9H,1-6H3,(H2,20,22)(H,21,23). The highest BCUT2D eigenvalue weighted by Crippen LogP contribution is 2.37. The van der Waals surface area contributed by atoms with Crippen LogP contribution in [-0.2, 0) is 0 Å². The highest BCUT2D eigenvalue weighted by Gasteiger charge is 2.20. The topological polar surface area (TPSA) is 76.0 Å². The lowest BCUT2D eigenvalue weighted by Gasteiger charge is -2.19. The predicted molar refractivity (Wildman–Crippen MR) is 101 cm³/mol. The second kappa shape index (κ2) is 6.85. The van der Waals surface area contributed by atoms with Crippen LogP contribution in [0.3, 0.4) is 0 Å². The van der Waals surface area contributed by atoms with Crippen LogP contribution >= 0.6 is 11.8 Å². The Morgan fingerprint density at radius 3 is 2.25 bits per heavy atom. The highest BCUT2D eigenvalue weighted by atomic mass is 32.2. The number of benzene rings is 1. The molecule has 128 valence electrons. The first-order valence-corrected chi connectivity index (χ1v) is 8.83. The summed E-state index contributed by atoms with van der Waals surface area (Å²) in [5.74, 6) is -0.472. The number of nitrogens with one attached hydrogen (secondary N) is 1. The molecule has 0 saturated carbocycles. The zero-order valence-electron chi connectivity index (χ0n) is 15.0. The summed E-state index contributed by atoms with van der Waals surface area (Å²) in [4.78, 5) is 28.3. The molecule has 4 nitrogen and oxygen atoms in total. The maximum absolute atomic E-state index is 12.5. The molecule has 24 heavy (non-hydrogen) atoms. The monoisotopic (exact) mass is 344 g/mol. The second-order valence-electron chi connectivity index (χ2n) is 6.42. The van der Waals surface area contributed by atoms with Crippen LogP contribution in [-0.4, -0.2) is 16.1 Å². The maximum Gasteiger partial charge on any atom is 0.256 e. The summed E-state index contributed by atoms with van der Waals surface area (Å²) < 4.78 is 0. The third-order valence-electron chi connectivity index (χ3n) is 4.03. The van der Waals surface area contributed by atoms with Crippen LogP contribution < -0.4 is 11.3 Å². The van der Waals surface area contributed by atoms with Crippen LogP contribution in [0, 0.1) is 27.7 Å². The molecule has 5 heteroatoms. The van der Waals surface area contributed by atoms with E-state index in [9.17, 15) is 9.59 Å². The summed E-state index contributed by atoms with van der Waals surface area (Å²) in [5, 5.41) is 0.357. The van der Waals surface area contributed by atoms with E-state index in [1.165, 1.54) is 0 Å². The molecule has 0 aliphatic heterocycles. The van der Waals surface area contributed by atoms with Gasteiger partial charge in [-0.15, -0.1) is 11.8 Å². The van der Waals surface area contributed by atoms with Gasteiger partial charge in [-0.05, 0) is 62.1 Å². The fourth-order valence-electron chi connectivity index (χ4n) is 3.00. The Bertz CT molecular complexity index is 867. The maximum atomic E-state index is 12.5. The van der Waals surface area contributed by atoms with Crippen LogP contribution in [0.2, 0.25) is 0 Å². The fraction of sp³-hybridized carbons (Fsp3) is 0.368. The molecular weight excluding hydrogens is 320 g/mol. The Morgan fingerprint density at radius 2 is 1.75 bits per heavy atom. The van der Waals surface area contributed by atoms with Gasteiger partial charge in [0.1, 0.15) is 0 Å². The molecule has 1 heterocycles. The number of rotatable bonds is 4. The van der Waals surface area contributed by atoms with Gasteiger partial charge < -0.3 is 10.7 Å². The summed E-state index contributed by atoms with van der Waals surface area (Å²) in [6.07, 6.45) is 0. The number of aromatic amines is 1. The molecular formula is C19H24N2O2S. The molecule has 0 bridgehead atoms. The van der Waals surface area contributed by atoms with Crippen LogP contribution in [0.5, 0.6) is 0 Å². The van der Waals surface area contributed by atoms with Gasteiger partial charge in [0.05, 0.1) is 5.56 Å². The van der Waals surface area contributed by atoms with Crippen LogP contribution in [0.25, 0.3) is 11.1 Å². The predicted octanol–water partition coefficient (Wildman–Crippen LogP) is 3.87. The van der Waals surface area contributed by atoms with Crippen molar-refractivity contribution in [2.24, 2.45) is 5.73 Å². The minimum Gasteiger partial charge on any atom is -0.366 e. The van der Waals surface area contributed by atoms with Crippen molar-refractivity contribution in [1.82, 2.24) is 4.98 Å². The van der Waals surface area contributed by atoms with Gasteiger partial charge in [0.15, 0.2) is 0 Å². The minimum absolute atomic E-state index is 0.143. The normalized spacial score (nSPS) is 11.1. The lowest BCUT2D eigenvalue weighted by atomic mass is 9.93. The molecule has 0 saturated heterocycles. The van der Waals surface area contributed by atoms with E-state index in [1.54, 1.807) is 17.8 Å². The third kappa shape index (κ3) is 3.41. The number of primary amides is 1. The summed E-state index contributed by atoms with van der Waals surface area (Å²) in [5.41, 5.74) is 10.9. The van der Waals surface area contributed by atoms with Gasteiger partial charge in [-0.1, -0.05) is 13.8 Å². The van der Waals surface area contributed by atoms with Crippen molar-refractivity contribution >= 4 is 17.7 Å². The van der Waals surface area contributed by atoms with Crippen LogP contribution in [0.1, 0.15) is 46.6 Å². The molecule has 0 aliphatic carbocycles. The van der Waals surface area contributed by atoms with Crippen molar-refractivity contribution in [3.63, 3.8) is 0 Å². The van der Waals surface area contributed by atoms with E-state index in [1.807, 2.05) is 33.8 Å². The average Bonchev–Trinajstić information content (AvgIpc) is 2.44. The lowest BCUT2D eigenvalue weighted by molar-refractivity contribution is 0.0999. The van der Waals surface area contributed by atoms with Crippen molar-refractivity contribution in [1.29, 1.82) is 0 Å². The first-order chi connectivity index (χ1) is 11.1. The second-order valence-corrected chi connectivity index (χ2v) is 8.01. The molecule has 0 unspecified atom stereocenters. The molecule has 2 aromatic rings. The number of hydrogen-bond donors (Lipinski definition) is 2. The molecule has 1 aromatic heterocycles. The number of H-pyrrole nitrogens is 1. The zero-order valence-corrected chi connectivity index (χ0v) is 15.9. The molecule has 0 fully saturated rings. The van der Waals surface area contributed by atoms with Gasteiger partial charge >= 0.3 is 0 Å². The molecule has 1 aromatic carbocycles. The number of hydrogen-bond acceptors (Lipinski definition) is 3. The average molecular weight is 344 g/mol. The first kappa shape index (κ1) is 18.3. The van der Waals surface area contributed by atoms with Crippen LogP contribution in [0.4, 0.5) is 0 Å². The molecule has 0 atom stereocenters. The minimum atomic E-state index is -0.472. The van der Waals surface area contributed by atoms with Gasteiger partial charge in [-0.25, -0.2) is 0 Å². The summed E-state index contributed by atoms with van der Waals surface area (Å²) in [6, 6.07) is 3.69. The van der Waals surface area contributed by atoms with Crippen LogP contribution in [0.15, 0.2) is 21.8 Å². The number of pyridine rings is 1. The number of aryl methyl sites for hydroxylation is 2. The molecule has 0 radical (unpaired) electrons. The van der Waals surface area contributed by atoms with Crippen molar-refractivity contribution in [3.8, 4) is 11.1 Å². The first-order valence-electron chi connectivity index (χ1n) is 7.95. The van der Waals surface area contributed by atoms with E-state index in [-0.39, 0.29) is 5.56 Å². The molecule has 3 N–H and O–H groups in total. The smallest absolute Gasteiger partial charge is 0.256 e. The van der Waals surface area contributed by atoms with Crippen molar-refractivity contribution in [3.05, 3.63) is 50.4 Å². The Morgan fingerprint density at radius 1 is 1.12 bits per heavy atom. The van der Waals surface area contributed by atoms with E-state index in [0.717, 1.165) is 32.8 Å². The number of carbonyl (C=O) groups is 1. The van der Waals surface area contributed by atoms with Crippen molar-refractivity contribution < 1.29 is 4.79 Å². The van der Waals surface area contributed by atoms with E-state index >= 15 is 0 Å². The summed E-state index contributed by atoms with van der Waals surface area (Å²) >= 11 is 1.69. The van der Waals surface area contributed by atoms with Gasteiger partial charge in [0.2, 0.25) is 5.91 Å². The molecule has 1 amide bonds. The highest BCUT2D eigenvalue weighted by molar-refractivity contribution is 8.00. The van der Waals surface area contributed by atoms with E-state index in [4.69, 9.17) is 5.73 Å². The SMILES string of the molecule is Cc1cc(C)c(-c2cc(C(N)=O)c(C)c(SC(C)C)c2C)c(=O)[nH]1. The summed E-state index contributed by atoms with van der Waals surface area (Å²) in [6.45, 7) is 11.9.